The number of amides is 3. The fourth-order valence-electron chi connectivity index (χ4n) is 7.37. The molecule has 0 aliphatic rings. The molecule has 0 aliphatic carbocycles. The number of hydrogen-bond acceptors (Lipinski definition) is 10. The molecule has 0 radical (unpaired) electrons. The third-order valence-corrected chi connectivity index (χ3v) is 12.2. The van der Waals surface area contributed by atoms with E-state index < -0.39 is 59.3 Å². The lowest BCUT2D eigenvalue weighted by atomic mass is 9.85. The van der Waals surface area contributed by atoms with Gasteiger partial charge in [0.1, 0.15) is 12.1 Å². The van der Waals surface area contributed by atoms with Crippen LogP contribution in [0.3, 0.4) is 0 Å². The van der Waals surface area contributed by atoms with E-state index in [1.54, 1.807) is 6.20 Å². The lowest BCUT2D eigenvalue weighted by molar-refractivity contribution is -0.128. The maximum atomic E-state index is 14.6. The molecule has 5 N–H and O–H groups in total. The van der Waals surface area contributed by atoms with Crippen molar-refractivity contribution in [1.82, 2.24) is 35.1 Å². The first kappa shape index (κ1) is 47.3. The summed E-state index contributed by atoms with van der Waals surface area (Å²) in [4.78, 5) is 64.1. The van der Waals surface area contributed by atoms with E-state index in [2.05, 4.69) is 25.9 Å². The van der Waals surface area contributed by atoms with Gasteiger partial charge in [-0.15, -0.1) is 11.3 Å². The van der Waals surface area contributed by atoms with Gasteiger partial charge in [0.15, 0.2) is 0 Å². The number of hydrogen-bond donors (Lipinski definition) is 5. The highest BCUT2D eigenvalue weighted by Gasteiger charge is 2.37. The van der Waals surface area contributed by atoms with Gasteiger partial charge in [0.2, 0.25) is 17.7 Å². The molecule has 14 nitrogen and oxygen atoms in total. The Labute approximate surface area is 367 Å². The number of aromatic hydroxyl groups is 1. The van der Waals surface area contributed by atoms with Crippen molar-refractivity contribution < 1.29 is 29.3 Å². The van der Waals surface area contributed by atoms with Gasteiger partial charge < -0.3 is 30.9 Å². The minimum Gasteiger partial charge on any atom is -0.493 e. The molecule has 6 unspecified atom stereocenters. The molecule has 62 heavy (non-hydrogen) atoms. The van der Waals surface area contributed by atoms with E-state index in [1.165, 1.54) is 33.8 Å². The Balaban J connectivity index is 1.46. The van der Waals surface area contributed by atoms with Crippen LogP contribution < -0.4 is 21.6 Å². The highest BCUT2D eigenvalue weighted by molar-refractivity contribution is 7.09. The summed E-state index contributed by atoms with van der Waals surface area (Å²) in [5.74, 6) is -1.40. The lowest BCUT2D eigenvalue weighted by Gasteiger charge is -2.33. The summed E-state index contributed by atoms with van der Waals surface area (Å²) < 4.78 is 7.30. The molecule has 2 aromatic carbocycles. The van der Waals surface area contributed by atoms with Gasteiger partial charge in [0.25, 0.3) is 0 Å². The van der Waals surface area contributed by atoms with E-state index in [0.717, 1.165) is 27.4 Å². The second-order valence-corrected chi connectivity index (χ2v) is 18.2. The van der Waals surface area contributed by atoms with Gasteiger partial charge in [-0.25, -0.2) is 14.6 Å². The number of alkyl carbamates (subject to hydrolysis) is 1. The van der Waals surface area contributed by atoms with Crippen LogP contribution in [0, 0.1) is 11.3 Å². The molecule has 332 valence electrons. The quantitative estimate of drug-likeness (QED) is 0.0609. The highest BCUT2D eigenvalue weighted by Crippen LogP contribution is 2.26. The van der Waals surface area contributed by atoms with E-state index >= 15 is 0 Å². The van der Waals surface area contributed by atoms with Crippen molar-refractivity contribution in [1.29, 1.82) is 0 Å². The van der Waals surface area contributed by atoms with Crippen molar-refractivity contribution in [3.05, 3.63) is 123 Å². The summed E-state index contributed by atoms with van der Waals surface area (Å²) in [6.07, 6.45) is 2.14. The third-order valence-electron chi connectivity index (χ3n) is 11.1. The van der Waals surface area contributed by atoms with Crippen molar-refractivity contribution in [2.75, 3.05) is 7.11 Å². The summed E-state index contributed by atoms with van der Waals surface area (Å²) in [7, 11) is 1.23. The van der Waals surface area contributed by atoms with Gasteiger partial charge in [0, 0.05) is 29.1 Å². The predicted octanol–water partition coefficient (Wildman–Crippen LogP) is 6.61. The number of pyridine rings is 1. The molecule has 3 aromatic heterocycles. The molecule has 6 atom stereocenters. The van der Waals surface area contributed by atoms with Gasteiger partial charge in [-0.3, -0.25) is 23.7 Å². The number of nitrogens with zero attached hydrogens (tertiary/aromatic N) is 4. The van der Waals surface area contributed by atoms with Gasteiger partial charge in [-0.2, -0.15) is 0 Å². The third kappa shape index (κ3) is 12.4. The van der Waals surface area contributed by atoms with Crippen molar-refractivity contribution in [3.8, 4) is 17.1 Å². The SMILES string of the molecule is CCC(C)C(C(=O)NC(Cc1ccccc1)C(O)CC(Cc1ccc(-c2ccccn2)cc1)NC(=O)C(NC(=O)OC)C(C)(C)C)n1cc(O)n(Cc2csc(C(C)C)n2)c1=O. The monoisotopic (exact) mass is 867 g/mol. The summed E-state index contributed by atoms with van der Waals surface area (Å²) in [5, 5.41) is 34.9. The summed E-state index contributed by atoms with van der Waals surface area (Å²) in [5.41, 5.74) is 2.81. The minimum atomic E-state index is -1.20. The molecular formula is C47H61N7O7S. The summed E-state index contributed by atoms with van der Waals surface area (Å²) >= 11 is 1.49. The fraction of sp³-hybridized carbons (Fsp3) is 0.447. The van der Waals surface area contributed by atoms with Crippen LogP contribution >= 0.6 is 11.3 Å². The largest absolute Gasteiger partial charge is 0.493 e. The fourth-order valence-corrected chi connectivity index (χ4v) is 8.20. The van der Waals surface area contributed by atoms with E-state index in [0.29, 0.717) is 18.5 Å². The molecule has 0 spiro atoms. The Bertz CT molecular complexity index is 2280. The number of nitrogens with one attached hydrogen (secondary N) is 3. The highest BCUT2D eigenvalue weighted by atomic mass is 32.1. The second-order valence-electron chi connectivity index (χ2n) is 17.3. The number of methoxy groups -OCH3 is 1. The van der Waals surface area contributed by atoms with Crippen molar-refractivity contribution in [2.45, 2.75) is 117 Å². The second kappa shape index (κ2) is 21.3. The molecular weight excluding hydrogens is 807 g/mol. The predicted molar refractivity (Wildman–Crippen MR) is 241 cm³/mol. The molecule has 0 fully saturated rings. The first-order valence-electron chi connectivity index (χ1n) is 21.1. The Morgan fingerprint density at radius 2 is 1.56 bits per heavy atom. The number of benzene rings is 2. The number of carbonyl (C=O) groups is 3. The van der Waals surface area contributed by atoms with E-state index in [1.807, 2.05) is 127 Å². The van der Waals surface area contributed by atoms with Crippen LogP contribution in [0.15, 0.2) is 95.4 Å². The van der Waals surface area contributed by atoms with Crippen molar-refractivity contribution >= 4 is 29.2 Å². The van der Waals surface area contributed by atoms with E-state index in [-0.39, 0.29) is 37.1 Å². The first-order valence-corrected chi connectivity index (χ1v) is 22.0. The number of aliphatic hydroxyl groups is 1. The Morgan fingerprint density at radius 3 is 2.16 bits per heavy atom. The zero-order chi connectivity index (χ0) is 45.1. The molecule has 0 saturated carbocycles. The van der Waals surface area contributed by atoms with Crippen LogP contribution in [0.25, 0.3) is 11.3 Å². The van der Waals surface area contributed by atoms with Crippen molar-refractivity contribution in [2.24, 2.45) is 11.3 Å². The topological polar surface area (TPSA) is 190 Å². The van der Waals surface area contributed by atoms with Crippen LogP contribution in [0.5, 0.6) is 5.88 Å². The average molecular weight is 868 g/mol. The number of aromatic nitrogens is 4. The summed E-state index contributed by atoms with van der Waals surface area (Å²) in [6.45, 7) is 13.4. The molecule has 0 bridgehead atoms. The molecule has 0 aliphatic heterocycles. The molecule has 3 amide bonds. The van der Waals surface area contributed by atoms with Crippen LogP contribution in [0.1, 0.15) is 95.1 Å². The molecule has 5 rings (SSSR count). The minimum absolute atomic E-state index is 0.0116. The van der Waals surface area contributed by atoms with Crippen LogP contribution in [0.4, 0.5) is 4.79 Å². The number of imidazole rings is 1. The molecule has 0 saturated heterocycles. The Kier molecular flexibility index (Phi) is 16.3. The Hall–Kier alpha value is -5.80. The zero-order valence-electron chi connectivity index (χ0n) is 36.9. The number of ether oxygens (including phenoxy) is 1. The molecule has 3 heterocycles. The number of aliphatic hydroxyl groups excluding tert-OH is 1. The number of thiazole rings is 1. The number of rotatable bonds is 19. The maximum Gasteiger partial charge on any atom is 0.407 e. The molecule has 5 aromatic rings. The standard InChI is InChI=1S/C47H61N7O7S/c1-9-30(4)40(54-27-39(56)53(46(54)60)26-35-28-62-44(50-35)29(2)3)42(57)51-37(24-31-15-11-10-12-16-31)38(55)25-34(49-43(58)41(47(5,6)7)52-45(59)61-8)23-32-18-20-33(21-19-32)36-17-13-14-22-48-36/h10-22,27-30,34,37-38,40-41,55-56H,9,23-26H2,1-8H3,(H,49,58)(H,51,57)(H,52,59). The normalized spacial score (nSPS) is 14.6. The van der Waals surface area contributed by atoms with Crippen LogP contribution in [0.2, 0.25) is 0 Å². The average Bonchev–Trinajstić information content (AvgIpc) is 3.83. The smallest absolute Gasteiger partial charge is 0.407 e. The number of carbonyl (C=O) groups excluding carboxylic acids is 3. The van der Waals surface area contributed by atoms with E-state index in [9.17, 15) is 29.4 Å². The van der Waals surface area contributed by atoms with Crippen LogP contribution in [-0.2, 0) is 33.7 Å². The van der Waals surface area contributed by atoms with Gasteiger partial charge in [-0.05, 0) is 53.9 Å². The van der Waals surface area contributed by atoms with Gasteiger partial charge >= 0.3 is 11.8 Å². The zero-order valence-corrected chi connectivity index (χ0v) is 37.7. The first-order chi connectivity index (χ1) is 29.5. The van der Waals surface area contributed by atoms with Crippen molar-refractivity contribution in [3.63, 3.8) is 0 Å². The van der Waals surface area contributed by atoms with Gasteiger partial charge in [-0.1, -0.05) is 116 Å². The Morgan fingerprint density at radius 1 is 0.887 bits per heavy atom. The lowest BCUT2D eigenvalue weighted by Crippen LogP contribution is -2.57. The van der Waals surface area contributed by atoms with Crippen LogP contribution in [-0.4, -0.2) is 78.6 Å². The summed E-state index contributed by atoms with van der Waals surface area (Å²) in [6, 6.07) is 19.3. The van der Waals surface area contributed by atoms with E-state index in [4.69, 9.17) is 4.74 Å². The maximum absolute atomic E-state index is 14.6. The van der Waals surface area contributed by atoms with Gasteiger partial charge in [0.05, 0.1) is 48.4 Å². The molecule has 15 heteroatoms.